The summed E-state index contributed by atoms with van der Waals surface area (Å²) in [5, 5.41) is 10.7. The molecule has 1 aliphatic rings. The fraction of sp³-hybridized carbons (Fsp3) is 0.600. The summed E-state index contributed by atoms with van der Waals surface area (Å²) < 4.78 is 5.57. The van der Waals surface area contributed by atoms with Gasteiger partial charge in [0.2, 0.25) is 0 Å². The van der Waals surface area contributed by atoms with E-state index < -0.39 is 0 Å². The molecule has 1 heterocycles. The van der Waals surface area contributed by atoms with Crippen molar-refractivity contribution in [1.29, 1.82) is 0 Å². The number of quaternary nitrogens is 2. The van der Waals surface area contributed by atoms with Crippen LogP contribution in [0.25, 0.3) is 0 Å². The quantitative estimate of drug-likeness (QED) is 0.607. The van der Waals surface area contributed by atoms with Crippen molar-refractivity contribution in [2.24, 2.45) is 0 Å². The second kappa shape index (κ2) is 7.96. The van der Waals surface area contributed by atoms with Crippen molar-refractivity contribution in [3.8, 4) is 0 Å². The van der Waals surface area contributed by atoms with E-state index in [0.29, 0.717) is 13.2 Å². The van der Waals surface area contributed by atoms with Crippen molar-refractivity contribution in [2.75, 3.05) is 46.4 Å². The predicted molar refractivity (Wildman–Crippen MR) is 79.3 cm³/mol. The first-order valence-electron chi connectivity index (χ1n) is 7.28. The van der Waals surface area contributed by atoms with Gasteiger partial charge in [-0.1, -0.05) is 23.7 Å². The molecule has 1 fully saturated rings. The maximum Gasteiger partial charge on any atom is 0.127 e. The number of benzene rings is 1. The number of ether oxygens (including phenoxy) is 1. The molecular weight excluding hydrogens is 276 g/mol. The third-order valence-corrected chi connectivity index (χ3v) is 4.08. The third kappa shape index (κ3) is 5.38. The van der Waals surface area contributed by atoms with Gasteiger partial charge in [-0.05, 0) is 17.7 Å². The number of likely N-dealkylation sites (N-methyl/N-ethyl adjacent to an activating group) is 1. The Morgan fingerprint density at radius 3 is 2.50 bits per heavy atom. The van der Waals surface area contributed by atoms with Gasteiger partial charge in [0.25, 0.3) is 0 Å². The minimum Gasteiger partial charge on any atom is -0.385 e. The average molecular weight is 301 g/mol. The summed E-state index contributed by atoms with van der Waals surface area (Å²) in [6.07, 6.45) is -0.379. The molecule has 2 rings (SSSR count). The first-order valence-corrected chi connectivity index (χ1v) is 7.66. The van der Waals surface area contributed by atoms with Crippen LogP contribution >= 0.6 is 11.6 Å². The zero-order chi connectivity index (χ0) is 14.4. The fourth-order valence-corrected chi connectivity index (χ4v) is 2.65. The number of hydrogen-bond donors (Lipinski definition) is 3. The molecular formula is C15H25ClN2O2+2. The van der Waals surface area contributed by atoms with Gasteiger partial charge >= 0.3 is 0 Å². The molecule has 112 valence electrons. The summed E-state index contributed by atoms with van der Waals surface area (Å²) in [5.74, 6) is 0. The highest BCUT2D eigenvalue weighted by molar-refractivity contribution is 6.30. The zero-order valence-electron chi connectivity index (χ0n) is 12.1. The molecule has 0 aliphatic carbocycles. The molecule has 20 heavy (non-hydrogen) atoms. The van der Waals surface area contributed by atoms with E-state index in [0.717, 1.165) is 30.2 Å². The lowest BCUT2D eigenvalue weighted by molar-refractivity contribution is -1.00. The number of rotatable bonds is 6. The van der Waals surface area contributed by atoms with E-state index in [9.17, 15) is 5.11 Å². The van der Waals surface area contributed by atoms with Crippen molar-refractivity contribution in [1.82, 2.24) is 0 Å². The first-order chi connectivity index (χ1) is 9.63. The Labute approximate surface area is 125 Å². The van der Waals surface area contributed by atoms with E-state index in [1.54, 1.807) is 4.90 Å². The maximum absolute atomic E-state index is 10.0. The van der Waals surface area contributed by atoms with Gasteiger partial charge in [-0.15, -0.1) is 0 Å². The fourth-order valence-electron chi connectivity index (χ4n) is 2.52. The zero-order valence-corrected chi connectivity index (χ0v) is 12.8. The SMILES string of the molecule is C[NH+]1CC[NH+](C[C@H](O)COCc2ccc(Cl)cc2)CC1. The van der Waals surface area contributed by atoms with Crippen molar-refractivity contribution in [2.45, 2.75) is 12.7 Å². The molecule has 0 unspecified atom stereocenters. The van der Waals surface area contributed by atoms with Gasteiger partial charge in [-0.3, -0.25) is 0 Å². The molecule has 5 heteroatoms. The lowest BCUT2D eigenvalue weighted by Crippen LogP contribution is -3.27. The smallest absolute Gasteiger partial charge is 0.127 e. The number of nitrogens with one attached hydrogen (secondary N) is 2. The van der Waals surface area contributed by atoms with Gasteiger partial charge in [0.15, 0.2) is 0 Å². The van der Waals surface area contributed by atoms with Crippen LogP contribution < -0.4 is 9.80 Å². The molecule has 0 amide bonds. The van der Waals surface area contributed by atoms with Crippen LogP contribution in [0, 0.1) is 0 Å². The van der Waals surface area contributed by atoms with Crippen LogP contribution in [0.1, 0.15) is 5.56 Å². The van der Waals surface area contributed by atoms with Crippen molar-refractivity contribution in [3.63, 3.8) is 0 Å². The molecule has 1 aliphatic heterocycles. The Morgan fingerprint density at radius 2 is 1.85 bits per heavy atom. The first kappa shape index (κ1) is 15.7. The Kier molecular flexibility index (Phi) is 6.26. The minimum atomic E-state index is -0.379. The lowest BCUT2D eigenvalue weighted by atomic mass is 10.2. The number of aliphatic hydroxyl groups is 1. The molecule has 0 spiro atoms. The standard InChI is InChI=1S/C15H23ClN2O2/c1-17-6-8-18(9-7-17)10-15(19)12-20-11-13-2-4-14(16)5-3-13/h2-5,15,19H,6-12H2,1H3/p+2/t15-/m0/s1. The van der Waals surface area contributed by atoms with Gasteiger partial charge in [0, 0.05) is 5.02 Å². The van der Waals surface area contributed by atoms with Crippen LogP contribution in [0.3, 0.4) is 0 Å². The van der Waals surface area contributed by atoms with Gasteiger partial charge in [0.05, 0.1) is 20.3 Å². The van der Waals surface area contributed by atoms with Crippen molar-refractivity contribution >= 4 is 11.6 Å². The molecule has 3 N–H and O–H groups in total. The highest BCUT2D eigenvalue weighted by Gasteiger charge is 2.22. The Balaban J connectivity index is 1.62. The molecule has 0 saturated carbocycles. The largest absolute Gasteiger partial charge is 0.385 e. The Morgan fingerprint density at radius 1 is 1.20 bits per heavy atom. The van der Waals surface area contributed by atoms with Crippen LogP contribution in [-0.2, 0) is 11.3 Å². The lowest BCUT2D eigenvalue weighted by Gasteiger charge is -2.28. The summed E-state index contributed by atoms with van der Waals surface area (Å²) in [6.45, 7) is 6.36. The van der Waals surface area contributed by atoms with E-state index in [-0.39, 0.29) is 6.10 Å². The molecule has 0 aromatic heterocycles. The summed E-state index contributed by atoms with van der Waals surface area (Å²) >= 11 is 5.83. The topological polar surface area (TPSA) is 38.3 Å². The van der Waals surface area contributed by atoms with Gasteiger partial charge < -0.3 is 19.6 Å². The molecule has 1 atom stereocenters. The molecule has 0 bridgehead atoms. The third-order valence-electron chi connectivity index (χ3n) is 3.83. The Bertz CT molecular complexity index is 391. The number of hydrogen-bond acceptors (Lipinski definition) is 2. The predicted octanol–water partition coefficient (Wildman–Crippen LogP) is -1.37. The number of aliphatic hydroxyl groups excluding tert-OH is 1. The highest BCUT2D eigenvalue weighted by Crippen LogP contribution is 2.10. The summed E-state index contributed by atoms with van der Waals surface area (Å²) in [6, 6.07) is 7.60. The number of piperazine rings is 1. The molecule has 1 saturated heterocycles. The van der Waals surface area contributed by atoms with Gasteiger partial charge in [-0.2, -0.15) is 0 Å². The summed E-state index contributed by atoms with van der Waals surface area (Å²) in [4.78, 5) is 3.07. The summed E-state index contributed by atoms with van der Waals surface area (Å²) in [5.41, 5.74) is 1.08. The van der Waals surface area contributed by atoms with Crippen LogP contribution in [0.15, 0.2) is 24.3 Å². The molecule has 0 radical (unpaired) electrons. The minimum absolute atomic E-state index is 0.379. The van der Waals surface area contributed by atoms with Crippen LogP contribution in [-0.4, -0.2) is 57.6 Å². The van der Waals surface area contributed by atoms with E-state index in [1.165, 1.54) is 18.0 Å². The van der Waals surface area contributed by atoms with Crippen LogP contribution in [0.2, 0.25) is 5.02 Å². The molecule has 4 nitrogen and oxygen atoms in total. The van der Waals surface area contributed by atoms with Gasteiger partial charge in [-0.25, -0.2) is 0 Å². The monoisotopic (exact) mass is 300 g/mol. The molecule has 1 aromatic rings. The van der Waals surface area contributed by atoms with Crippen molar-refractivity contribution < 1.29 is 19.6 Å². The number of halogens is 1. The van der Waals surface area contributed by atoms with E-state index in [1.807, 2.05) is 24.3 Å². The molecule has 1 aromatic carbocycles. The van der Waals surface area contributed by atoms with E-state index >= 15 is 0 Å². The van der Waals surface area contributed by atoms with Crippen molar-refractivity contribution in [3.05, 3.63) is 34.9 Å². The second-order valence-electron chi connectivity index (χ2n) is 5.71. The normalized spacial score (nSPS) is 24.6. The van der Waals surface area contributed by atoms with E-state index in [4.69, 9.17) is 16.3 Å². The van der Waals surface area contributed by atoms with E-state index in [2.05, 4.69) is 7.05 Å². The maximum atomic E-state index is 10.0. The van der Waals surface area contributed by atoms with Gasteiger partial charge in [0.1, 0.15) is 38.8 Å². The average Bonchev–Trinajstić information content (AvgIpc) is 2.44. The highest BCUT2D eigenvalue weighted by atomic mass is 35.5. The Hall–Kier alpha value is -0.650. The second-order valence-corrected chi connectivity index (χ2v) is 6.14. The summed E-state index contributed by atoms with van der Waals surface area (Å²) in [7, 11) is 2.22. The van der Waals surface area contributed by atoms with Crippen LogP contribution in [0.4, 0.5) is 0 Å². The van der Waals surface area contributed by atoms with Crippen LogP contribution in [0.5, 0.6) is 0 Å².